The highest BCUT2D eigenvalue weighted by Gasteiger charge is 2.43. The SMILES string of the molecule is C=C[C@@]1(N2C[C@H](C(O)c3ccccc3)CC2=O)C=CC=CC1. The van der Waals surface area contributed by atoms with E-state index in [0.29, 0.717) is 13.0 Å². The van der Waals surface area contributed by atoms with Crippen LogP contribution in [0.15, 0.2) is 67.3 Å². The Hall–Kier alpha value is -2.13. The van der Waals surface area contributed by atoms with Gasteiger partial charge in [0, 0.05) is 18.9 Å². The molecule has 1 unspecified atom stereocenters. The number of carbonyl (C=O) groups is 1. The zero-order chi connectivity index (χ0) is 15.6. The van der Waals surface area contributed by atoms with Crippen molar-refractivity contribution in [3.8, 4) is 0 Å². The maximum Gasteiger partial charge on any atom is 0.224 e. The Labute approximate surface area is 131 Å². The van der Waals surface area contributed by atoms with Gasteiger partial charge in [0.25, 0.3) is 0 Å². The van der Waals surface area contributed by atoms with Crippen molar-refractivity contribution in [2.24, 2.45) is 5.92 Å². The van der Waals surface area contributed by atoms with Gasteiger partial charge in [-0.05, 0) is 12.0 Å². The third-order valence-electron chi connectivity index (χ3n) is 4.68. The Morgan fingerprint density at radius 1 is 1.32 bits per heavy atom. The molecular formula is C19H21NO2. The zero-order valence-corrected chi connectivity index (χ0v) is 12.6. The standard InChI is InChI=1S/C19H21NO2/c1-2-19(11-7-4-8-12-19)20-14-16(13-17(20)21)18(22)15-9-5-3-6-10-15/h2-11,16,18,22H,1,12-14H2/t16-,18?,19-/m1/s1. The molecule has 22 heavy (non-hydrogen) atoms. The van der Waals surface area contributed by atoms with E-state index in [1.807, 2.05) is 59.5 Å². The van der Waals surface area contributed by atoms with Gasteiger partial charge in [0.05, 0.1) is 11.6 Å². The molecule has 3 heteroatoms. The highest BCUT2D eigenvalue weighted by Crippen LogP contribution is 2.37. The first kappa shape index (κ1) is 14.8. The summed E-state index contributed by atoms with van der Waals surface area (Å²) in [6.07, 6.45) is 10.4. The normalized spacial score (nSPS) is 28.9. The van der Waals surface area contributed by atoms with Crippen LogP contribution in [0.4, 0.5) is 0 Å². The lowest BCUT2D eigenvalue weighted by molar-refractivity contribution is -0.130. The van der Waals surface area contributed by atoms with Gasteiger partial charge in [-0.1, -0.05) is 60.7 Å². The molecule has 1 N–H and O–H groups in total. The number of benzene rings is 1. The molecule has 0 radical (unpaired) electrons. The fourth-order valence-corrected chi connectivity index (χ4v) is 3.36. The molecule has 1 aromatic carbocycles. The van der Waals surface area contributed by atoms with Gasteiger partial charge in [0.1, 0.15) is 0 Å². The van der Waals surface area contributed by atoms with Gasteiger partial charge in [-0.15, -0.1) is 6.58 Å². The third-order valence-corrected chi connectivity index (χ3v) is 4.68. The molecule has 1 heterocycles. The average molecular weight is 295 g/mol. The number of aliphatic hydroxyl groups is 1. The predicted molar refractivity (Wildman–Crippen MR) is 87.0 cm³/mol. The molecule has 1 saturated heterocycles. The number of amides is 1. The van der Waals surface area contributed by atoms with Crippen LogP contribution in [0.1, 0.15) is 24.5 Å². The molecular weight excluding hydrogens is 274 g/mol. The Bertz CT molecular complexity index is 620. The first-order chi connectivity index (χ1) is 10.7. The lowest BCUT2D eigenvalue weighted by Crippen LogP contribution is -2.47. The number of rotatable bonds is 4. The minimum absolute atomic E-state index is 0.0777. The molecule has 1 fully saturated rings. The summed E-state index contributed by atoms with van der Waals surface area (Å²) in [6.45, 7) is 4.48. The van der Waals surface area contributed by atoms with Crippen molar-refractivity contribution >= 4 is 5.91 Å². The van der Waals surface area contributed by atoms with Crippen molar-refractivity contribution in [1.29, 1.82) is 0 Å². The van der Waals surface area contributed by atoms with Crippen LogP contribution in [0.2, 0.25) is 0 Å². The van der Waals surface area contributed by atoms with E-state index in [1.54, 1.807) is 0 Å². The van der Waals surface area contributed by atoms with E-state index in [4.69, 9.17) is 0 Å². The summed E-state index contributed by atoms with van der Waals surface area (Å²) in [5.74, 6) is 0.00543. The summed E-state index contributed by atoms with van der Waals surface area (Å²) in [5.41, 5.74) is 0.422. The number of hydrogen-bond acceptors (Lipinski definition) is 2. The van der Waals surface area contributed by atoms with E-state index in [0.717, 1.165) is 12.0 Å². The molecule has 1 aliphatic heterocycles. The van der Waals surface area contributed by atoms with E-state index >= 15 is 0 Å². The number of nitrogens with zero attached hydrogens (tertiary/aromatic N) is 1. The number of aliphatic hydroxyl groups excluding tert-OH is 1. The summed E-state index contributed by atoms with van der Waals surface area (Å²) < 4.78 is 0. The Morgan fingerprint density at radius 3 is 2.73 bits per heavy atom. The van der Waals surface area contributed by atoms with Crippen molar-refractivity contribution < 1.29 is 9.90 Å². The van der Waals surface area contributed by atoms with Crippen LogP contribution < -0.4 is 0 Å². The predicted octanol–water partition coefficient (Wildman–Crippen LogP) is 3.01. The summed E-state index contributed by atoms with van der Waals surface area (Å²) in [5, 5.41) is 10.6. The fraction of sp³-hybridized carbons (Fsp3) is 0.316. The molecule has 3 nitrogen and oxygen atoms in total. The zero-order valence-electron chi connectivity index (χ0n) is 12.6. The monoisotopic (exact) mass is 295 g/mol. The van der Waals surface area contributed by atoms with Crippen molar-refractivity contribution in [2.45, 2.75) is 24.5 Å². The van der Waals surface area contributed by atoms with Gasteiger partial charge >= 0.3 is 0 Å². The second-order valence-corrected chi connectivity index (χ2v) is 6.01. The van der Waals surface area contributed by atoms with Crippen LogP contribution >= 0.6 is 0 Å². The van der Waals surface area contributed by atoms with E-state index in [-0.39, 0.29) is 11.8 Å². The smallest absolute Gasteiger partial charge is 0.224 e. The third kappa shape index (κ3) is 2.53. The summed E-state index contributed by atoms with van der Waals surface area (Å²) in [4.78, 5) is 14.4. The van der Waals surface area contributed by atoms with E-state index in [2.05, 4.69) is 12.7 Å². The van der Waals surface area contributed by atoms with Crippen LogP contribution in [0.3, 0.4) is 0 Å². The van der Waals surface area contributed by atoms with E-state index in [9.17, 15) is 9.90 Å². The van der Waals surface area contributed by atoms with Gasteiger partial charge in [0.15, 0.2) is 0 Å². The molecule has 114 valence electrons. The van der Waals surface area contributed by atoms with Crippen LogP contribution in [-0.2, 0) is 4.79 Å². The summed E-state index contributed by atoms with van der Waals surface area (Å²) in [6, 6.07) is 9.56. The maximum absolute atomic E-state index is 12.5. The molecule has 0 bridgehead atoms. The fourth-order valence-electron chi connectivity index (χ4n) is 3.36. The first-order valence-electron chi connectivity index (χ1n) is 7.68. The van der Waals surface area contributed by atoms with E-state index in [1.165, 1.54) is 0 Å². The number of carbonyl (C=O) groups excluding carboxylic acids is 1. The van der Waals surface area contributed by atoms with Crippen molar-refractivity contribution in [1.82, 2.24) is 4.90 Å². The first-order valence-corrected chi connectivity index (χ1v) is 7.68. The maximum atomic E-state index is 12.5. The van der Waals surface area contributed by atoms with Crippen molar-refractivity contribution in [2.75, 3.05) is 6.54 Å². The largest absolute Gasteiger partial charge is 0.388 e. The van der Waals surface area contributed by atoms with Gasteiger partial charge in [-0.25, -0.2) is 0 Å². The number of allylic oxidation sites excluding steroid dienone is 2. The lowest BCUT2D eigenvalue weighted by atomic mass is 9.89. The molecule has 3 rings (SSSR count). The summed E-state index contributed by atoms with van der Waals surface area (Å²) >= 11 is 0. The Balaban J connectivity index is 1.80. The van der Waals surface area contributed by atoms with Gasteiger partial charge in [-0.3, -0.25) is 4.79 Å². The van der Waals surface area contributed by atoms with Gasteiger partial charge < -0.3 is 10.0 Å². The van der Waals surface area contributed by atoms with Gasteiger partial charge in [-0.2, -0.15) is 0 Å². The Kier molecular flexibility index (Phi) is 3.99. The van der Waals surface area contributed by atoms with Crippen LogP contribution in [-0.4, -0.2) is 28.0 Å². The topological polar surface area (TPSA) is 40.5 Å². The second-order valence-electron chi connectivity index (χ2n) is 6.01. The minimum Gasteiger partial charge on any atom is -0.388 e. The van der Waals surface area contributed by atoms with Gasteiger partial charge in [0.2, 0.25) is 5.91 Å². The molecule has 0 saturated carbocycles. The second kappa shape index (κ2) is 5.93. The molecule has 2 aliphatic rings. The molecule has 1 aliphatic carbocycles. The van der Waals surface area contributed by atoms with Crippen LogP contribution in [0, 0.1) is 5.92 Å². The highest BCUT2D eigenvalue weighted by atomic mass is 16.3. The number of likely N-dealkylation sites (tertiary alicyclic amines) is 1. The molecule has 1 amide bonds. The minimum atomic E-state index is -0.611. The highest BCUT2D eigenvalue weighted by molar-refractivity contribution is 5.80. The van der Waals surface area contributed by atoms with Crippen molar-refractivity contribution in [3.05, 3.63) is 72.9 Å². The summed E-state index contributed by atoms with van der Waals surface area (Å²) in [7, 11) is 0. The Morgan fingerprint density at radius 2 is 2.09 bits per heavy atom. The molecule has 0 aromatic heterocycles. The quantitative estimate of drug-likeness (QED) is 0.867. The van der Waals surface area contributed by atoms with Crippen LogP contribution in [0.5, 0.6) is 0 Å². The van der Waals surface area contributed by atoms with Crippen molar-refractivity contribution in [3.63, 3.8) is 0 Å². The lowest BCUT2D eigenvalue weighted by Gasteiger charge is -2.38. The van der Waals surface area contributed by atoms with E-state index < -0.39 is 11.6 Å². The molecule has 0 spiro atoms. The number of hydrogen-bond donors (Lipinski definition) is 1. The average Bonchev–Trinajstić information content (AvgIpc) is 2.98. The molecule has 1 aromatic rings. The molecule has 3 atom stereocenters. The van der Waals surface area contributed by atoms with Crippen LogP contribution in [0.25, 0.3) is 0 Å².